The molecule has 0 saturated carbocycles. The van der Waals surface area contributed by atoms with Crippen molar-refractivity contribution in [1.82, 2.24) is 0 Å². The number of aryl methyl sites for hydroxylation is 3. The van der Waals surface area contributed by atoms with E-state index >= 15 is 0 Å². The number of hydrogen-bond acceptors (Lipinski definition) is 2. The molecule has 0 aliphatic rings. The Hall–Kier alpha value is -1.32. The van der Waals surface area contributed by atoms with Crippen molar-refractivity contribution in [3.05, 3.63) is 50.7 Å². The van der Waals surface area contributed by atoms with Crippen molar-refractivity contribution in [2.24, 2.45) is 0 Å². The quantitative estimate of drug-likeness (QED) is 0.807. The third-order valence-electron chi connectivity index (χ3n) is 3.30. The monoisotopic (exact) mass is 307 g/mol. The summed E-state index contributed by atoms with van der Waals surface area (Å²) in [6.45, 7) is 4.09. The molecule has 0 radical (unpaired) electrons. The zero-order chi connectivity index (χ0) is 14.7. The Labute approximate surface area is 129 Å². The van der Waals surface area contributed by atoms with Gasteiger partial charge in [-0.15, -0.1) is 11.3 Å². The number of carbonyl (C=O) groups excluding carboxylic acids is 1. The molecule has 0 N–H and O–H groups in total. The second-order valence-corrected chi connectivity index (χ2v) is 6.75. The van der Waals surface area contributed by atoms with E-state index in [0.29, 0.717) is 6.42 Å². The molecular weight excluding hydrogens is 290 g/mol. The average Bonchev–Trinajstić information content (AvgIpc) is 2.81. The topological polar surface area (TPSA) is 20.3 Å². The molecular formula is C16H18ClNOS. The molecule has 1 aromatic carbocycles. The van der Waals surface area contributed by atoms with Crippen molar-refractivity contribution in [3.8, 4) is 0 Å². The summed E-state index contributed by atoms with van der Waals surface area (Å²) in [6.07, 6.45) is 1.24. The molecule has 1 heterocycles. The van der Waals surface area contributed by atoms with Gasteiger partial charge in [0.2, 0.25) is 5.91 Å². The molecule has 20 heavy (non-hydrogen) atoms. The number of rotatable bonds is 4. The Morgan fingerprint density at radius 2 is 2.00 bits per heavy atom. The van der Waals surface area contributed by atoms with Gasteiger partial charge in [0.1, 0.15) is 0 Å². The van der Waals surface area contributed by atoms with E-state index in [-0.39, 0.29) is 5.91 Å². The van der Waals surface area contributed by atoms with Gasteiger partial charge in [-0.1, -0.05) is 29.3 Å². The highest BCUT2D eigenvalue weighted by Gasteiger charge is 2.13. The zero-order valence-electron chi connectivity index (χ0n) is 11.9. The van der Waals surface area contributed by atoms with Crippen molar-refractivity contribution in [1.29, 1.82) is 0 Å². The van der Waals surface area contributed by atoms with Crippen LogP contribution in [-0.4, -0.2) is 13.0 Å². The summed E-state index contributed by atoms with van der Waals surface area (Å²) >= 11 is 7.43. The summed E-state index contributed by atoms with van der Waals surface area (Å²) in [5, 5.41) is 0. The first-order valence-electron chi connectivity index (χ1n) is 6.55. The molecule has 0 unspecified atom stereocenters. The normalized spacial score (nSPS) is 10.6. The van der Waals surface area contributed by atoms with Gasteiger partial charge in [-0.3, -0.25) is 4.79 Å². The molecule has 1 amide bonds. The van der Waals surface area contributed by atoms with E-state index in [2.05, 4.69) is 13.0 Å². The summed E-state index contributed by atoms with van der Waals surface area (Å²) in [4.78, 5) is 15.1. The smallest absolute Gasteiger partial charge is 0.227 e. The van der Waals surface area contributed by atoms with Crippen LogP contribution in [0.1, 0.15) is 22.4 Å². The van der Waals surface area contributed by atoms with E-state index < -0.39 is 0 Å². The van der Waals surface area contributed by atoms with E-state index in [0.717, 1.165) is 26.9 Å². The molecule has 0 spiro atoms. The molecule has 0 aliphatic carbocycles. The molecule has 0 bridgehead atoms. The van der Waals surface area contributed by atoms with E-state index in [1.165, 1.54) is 16.9 Å². The molecule has 0 saturated heterocycles. The van der Waals surface area contributed by atoms with E-state index in [9.17, 15) is 4.79 Å². The Morgan fingerprint density at radius 3 is 2.60 bits per heavy atom. The maximum absolute atomic E-state index is 12.3. The predicted molar refractivity (Wildman–Crippen MR) is 87.0 cm³/mol. The van der Waals surface area contributed by atoms with E-state index in [1.54, 1.807) is 4.90 Å². The van der Waals surface area contributed by atoms with E-state index in [1.807, 2.05) is 38.2 Å². The second kappa shape index (κ2) is 6.42. The van der Waals surface area contributed by atoms with Crippen LogP contribution in [0.5, 0.6) is 0 Å². The third kappa shape index (κ3) is 3.62. The van der Waals surface area contributed by atoms with Crippen molar-refractivity contribution in [2.45, 2.75) is 26.7 Å². The van der Waals surface area contributed by atoms with Crippen molar-refractivity contribution in [2.75, 3.05) is 11.9 Å². The molecule has 106 valence electrons. The van der Waals surface area contributed by atoms with Crippen molar-refractivity contribution in [3.63, 3.8) is 0 Å². The number of benzene rings is 1. The predicted octanol–water partition coefficient (Wildman–Crippen LogP) is 4.61. The first-order valence-corrected chi connectivity index (χ1v) is 7.75. The minimum atomic E-state index is 0.126. The highest BCUT2D eigenvalue weighted by Crippen LogP contribution is 2.24. The molecule has 2 rings (SSSR count). The van der Waals surface area contributed by atoms with Crippen LogP contribution in [0.15, 0.2) is 30.3 Å². The number of carbonyl (C=O) groups is 1. The zero-order valence-corrected chi connectivity index (χ0v) is 13.5. The molecule has 0 aliphatic heterocycles. The molecule has 4 heteroatoms. The van der Waals surface area contributed by atoms with Gasteiger partial charge >= 0.3 is 0 Å². The molecule has 1 aromatic heterocycles. The van der Waals surface area contributed by atoms with Crippen molar-refractivity contribution < 1.29 is 4.79 Å². The Bertz CT molecular complexity index is 621. The fourth-order valence-corrected chi connectivity index (χ4v) is 3.29. The number of thiophene rings is 1. The van der Waals surface area contributed by atoms with Gasteiger partial charge in [0.25, 0.3) is 0 Å². The number of hydrogen-bond donors (Lipinski definition) is 0. The van der Waals surface area contributed by atoms with Crippen LogP contribution < -0.4 is 4.90 Å². The van der Waals surface area contributed by atoms with Gasteiger partial charge < -0.3 is 4.90 Å². The summed E-state index contributed by atoms with van der Waals surface area (Å²) in [5.74, 6) is 0.126. The van der Waals surface area contributed by atoms with Crippen LogP contribution >= 0.6 is 22.9 Å². The summed E-state index contributed by atoms with van der Waals surface area (Å²) < 4.78 is 0.773. The fraction of sp³-hybridized carbons (Fsp3) is 0.312. The Kier molecular flexibility index (Phi) is 4.84. The lowest BCUT2D eigenvalue weighted by molar-refractivity contribution is -0.118. The molecule has 2 aromatic rings. The Balaban J connectivity index is 2.01. The summed E-state index contributed by atoms with van der Waals surface area (Å²) in [7, 11) is 1.83. The van der Waals surface area contributed by atoms with Gasteiger partial charge in [0, 0.05) is 24.0 Å². The molecule has 0 fully saturated rings. The average molecular weight is 308 g/mol. The largest absolute Gasteiger partial charge is 0.315 e. The lowest BCUT2D eigenvalue weighted by Crippen LogP contribution is -2.27. The Morgan fingerprint density at radius 1 is 1.25 bits per heavy atom. The van der Waals surface area contributed by atoms with Gasteiger partial charge in [0.15, 0.2) is 0 Å². The molecule has 2 nitrogen and oxygen atoms in total. The van der Waals surface area contributed by atoms with Crippen LogP contribution in [0.3, 0.4) is 0 Å². The second-order valence-electron chi connectivity index (χ2n) is 4.95. The third-order valence-corrected chi connectivity index (χ3v) is 4.59. The van der Waals surface area contributed by atoms with Crippen LogP contribution in [-0.2, 0) is 11.2 Å². The highest BCUT2D eigenvalue weighted by atomic mass is 35.5. The van der Waals surface area contributed by atoms with E-state index in [4.69, 9.17) is 11.6 Å². The summed E-state index contributed by atoms with van der Waals surface area (Å²) in [5.41, 5.74) is 3.31. The lowest BCUT2D eigenvalue weighted by Gasteiger charge is -2.19. The van der Waals surface area contributed by atoms with Crippen molar-refractivity contribution >= 4 is 34.5 Å². The lowest BCUT2D eigenvalue weighted by atomic mass is 10.1. The first kappa shape index (κ1) is 15.1. The first-order chi connectivity index (χ1) is 9.47. The van der Waals surface area contributed by atoms with Crippen LogP contribution in [0.4, 0.5) is 5.69 Å². The SMILES string of the molecule is Cc1ccc(N(C)C(=O)CCc2ccc(Cl)s2)c(C)c1. The van der Waals surface area contributed by atoms with Gasteiger partial charge in [-0.25, -0.2) is 0 Å². The van der Waals surface area contributed by atoms with Gasteiger partial charge in [0.05, 0.1) is 4.34 Å². The van der Waals surface area contributed by atoms with Gasteiger partial charge in [-0.2, -0.15) is 0 Å². The standard InChI is InChI=1S/C16H18ClNOS/c1-11-4-7-14(12(2)10-11)18(3)16(19)9-6-13-5-8-15(17)20-13/h4-5,7-8,10H,6,9H2,1-3H3. The highest BCUT2D eigenvalue weighted by molar-refractivity contribution is 7.16. The number of anilines is 1. The maximum atomic E-state index is 12.3. The van der Waals surface area contributed by atoms with Crippen LogP contribution in [0, 0.1) is 13.8 Å². The van der Waals surface area contributed by atoms with Gasteiger partial charge in [-0.05, 0) is 44.0 Å². The number of amides is 1. The fourth-order valence-electron chi connectivity index (χ4n) is 2.20. The minimum absolute atomic E-state index is 0.126. The number of halogens is 1. The maximum Gasteiger partial charge on any atom is 0.227 e. The minimum Gasteiger partial charge on any atom is -0.315 e. The summed E-state index contributed by atoms with van der Waals surface area (Å²) in [6, 6.07) is 9.99. The van der Waals surface area contributed by atoms with Crippen LogP contribution in [0.2, 0.25) is 4.34 Å². The molecule has 0 atom stereocenters. The van der Waals surface area contributed by atoms with Crippen LogP contribution in [0.25, 0.3) is 0 Å². The number of nitrogens with zero attached hydrogens (tertiary/aromatic N) is 1.